The fourth-order valence-electron chi connectivity index (χ4n) is 0.859. The van der Waals surface area contributed by atoms with E-state index in [0.29, 0.717) is 0 Å². The topological polar surface area (TPSA) is 134 Å². The molecule has 0 aliphatic heterocycles. The molecule has 0 unspecified atom stereocenters. The van der Waals surface area contributed by atoms with Gasteiger partial charge in [0, 0.05) is 34.7 Å². The summed E-state index contributed by atoms with van der Waals surface area (Å²) >= 11 is 0. The normalized spacial score (nSPS) is 7.04. The maximum Gasteiger partial charge on any atom is 3.00 e. The molecule has 0 heterocycles. The summed E-state index contributed by atoms with van der Waals surface area (Å²) in [6, 6.07) is 0. The SMILES string of the molecule is CC(=O)[CH-]C(C)=O.CC(=O)[CH-]C(C)=O.CC(=O)[CH-]C(C)=O.O.[Sm+3]. The Morgan fingerprint density at radius 2 is 0.522 bits per heavy atom. The van der Waals surface area contributed by atoms with Crippen LogP contribution >= 0.6 is 0 Å². The van der Waals surface area contributed by atoms with Crippen LogP contribution in [0.25, 0.3) is 0 Å². The molecule has 0 aromatic rings. The quantitative estimate of drug-likeness (QED) is 0.408. The first kappa shape index (κ1) is 33.5. The monoisotopic (exact) mass is 467 g/mol. The largest absolute Gasteiger partial charge is 3.00 e. The molecule has 0 saturated carbocycles. The number of carbonyl (C=O) groups excluding carboxylic acids is 6. The first-order valence-electron chi connectivity index (χ1n) is 5.96. The third-order valence-corrected chi connectivity index (χ3v) is 1.22. The molecule has 0 saturated heterocycles. The van der Waals surface area contributed by atoms with Crippen LogP contribution in [0.1, 0.15) is 41.5 Å². The number of Topliss-reactive ketones (excluding diaryl/α,β-unsaturated/α-hetero) is 6. The van der Waals surface area contributed by atoms with Crippen molar-refractivity contribution in [1.82, 2.24) is 0 Å². The van der Waals surface area contributed by atoms with Crippen LogP contribution < -0.4 is 0 Å². The molecule has 0 spiro atoms. The maximum absolute atomic E-state index is 9.98. The van der Waals surface area contributed by atoms with E-state index in [1.165, 1.54) is 41.5 Å². The van der Waals surface area contributed by atoms with E-state index in [1.807, 2.05) is 0 Å². The molecule has 23 heavy (non-hydrogen) atoms. The van der Waals surface area contributed by atoms with Crippen molar-refractivity contribution < 1.29 is 74.6 Å². The third-order valence-electron chi connectivity index (χ3n) is 1.22. The van der Waals surface area contributed by atoms with E-state index >= 15 is 0 Å². The van der Waals surface area contributed by atoms with Crippen molar-refractivity contribution in [1.29, 1.82) is 0 Å². The number of ketones is 6. The number of rotatable bonds is 6. The van der Waals surface area contributed by atoms with Gasteiger partial charge in [-0.05, 0) is 41.5 Å². The van der Waals surface area contributed by atoms with E-state index in [-0.39, 0.29) is 80.6 Å². The van der Waals surface area contributed by atoms with Crippen molar-refractivity contribution >= 4 is 34.7 Å². The molecule has 0 aromatic carbocycles. The van der Waals surface area contributed by atoms with E-state index in [0.717, 1.165) is 19.3 Å². The second kappa shape index (κ2) is 20.9. The molecule has 0 aromatic heterocycles. The van der Waals surface area contributed by atoms with Gasteiger partial charge in [0.05, 0.1) is 0 Å². The Hall–Kier alpha value is -1.07. The predicted octanol–water partition coefficient (Wildman–Crippen LogP) is 0.281. The predicted molar refractivity (Wildman–Crippen MR) is 80.6 cm³/mol. The fraction of sp³-hybridized carbons (Fsp3) is 0.400. The molecule has 2 N–H and O–H groups in total. The van der Waals surface area contributed by atoms with Gasteiger partial charge in [0.1, 0.15) is 0 Å². The van der Waals surface area contributed by atoms with Gasteiger partial charge in [0.15, 0.2) is 0 Å². The van der Waals surface area contributed by atoms with Gasteiger partial charge in [-0.1, -0.05) is 0 Å². The summed E-state index contributed by atoms with van der Waals surface area (Å²) in [5.41, 5.74) is 0. The Labute approximate surface area is 169 Å². The minimum Gasteiger partial charge on any atom is -0.412 e. The zero-order chi connectivity index (χ0) is 17.6. The average molecular weight is 466 g/mol. The first-order chi connectivity index (χ1) is 9.38. The molecule has 0 bridgehead atoms. The molecule has 0 amide bonds. The van der Waals surface area contributed by atoms with Crippen LogP contribution in [0.15, 0.2) is 0 Å². The van der Waals surface area contributed by atoms with Crippen LogP contribution in [0.5, 0.6) is 0 Å². The molecule has 8 heteroatoms. The summed E-state index contributed by atoms with van der Waals surface area (Å²) in [5, 5.41) is 0. The Balaban J connectivity index is -0.0000000675. The van der Waals surface area contributed by atoms with Crippen molar-refractivity contribution in [3.05, 3.63) is 19.3 Å². The minimum absolute atomic E-state index is 0. The van der Waals surface area contributed by atoms with Crippen molar-refractivity contribution in [3.63, 3.8) is 0 Å². The summed E-state index contributed by atoms with van der Waals surface area (Å²) in [6.45, 7) is 8.09. The van der Waals surface area contributed by atoms with Crippen LogP contribution in [0.2, 0.25) is 0 Å². The molecule has 0 aliphatic carbocycles. The maximum atomic E-state index is 9.98. The molecule has 7 nitrogen and oxygen atoms in total. The molecular weight excluding hydrogens is 443 g/mol. The fourth-order valence-corrected chi connectivity index (χ4v) is 0.859. The van der Waals surface area contributed by atoms with Gasteiger partial charge >= 0.3 is 40.4 Å². The second-order valence-electron chi connectivity index (χ2n) is 4.10. The number of hydrogen-bond acceptors (Lipinski definition) is 6. The Morgan fingerprint density at radius 3 is 0.522 bits per heavy atom. The summed E-state index contributed by atoms with van der Waals surface area (Å²) in [4.78, 5) is 59.9. The summed E-state index contributed by atoms with van der Waals surface area (Å²) in [5.74, 6) is -1.12. The molecule has 131 valence electrons. The van der Waals surface area contributed by atoms with Gasteiger partial charge in [-0.2, -0.15) is 0 Å². The summed E-state index contributed by atoms with van der Waals surface area (Å²) in [7, 11) is 0. The second-order valence-corrected chi connectivity index (χ2v) is 4.10. The van der Waals surface area contributed by atoms with Gasteiger partial charge in [-0.3, -0.25) is 19.3 Å². The van der Waals surface area contributed by atoms with Gasteiger partial charge < -0.3 is 34.2 Å². The smallest absolute Gasteiger partial charge is 0.412 e. The molecule has 0 fully saturated rings. The van der Waals surface area contributed by atoms with Gasteiger partial charge in [0.2, 0.25) is 0 Å². The molecule has 0 aliphatic rings. The Bertz CT molecular complexity index is 316. The van der Waals surface area contributed by atoms with Crippen molar-refractivity contribution in [3.8, 4) is 0 Å². The molecule has 1 radical (unpaired) electrons. The van der Waals surface area contributed by atoms with Crippen LogP contribution in [0.4, 0.5) is 0 Å². The van der Waals surface area contributed by atoms with Crippen LogP contribution in [0.3, 0.4) is 0 Å². The van der Waals surface area contributed by atoms with Crippen LogP contribution in [-0.4, -0.2) is 40.2 Å². The third kappa shape index (κ3) is 62.8. The van der Waals surface area contributed by atoms with Crippen LogP contribution in [0, 0.1) is 59.7 Å². The van der Waals surface area contributed by atoms with Gasteiger partial charge in [-0.25, -0.2) is 0 Å². The van der Waals surface area contributed by atoms with E-state index in [4.69, 9.17) is 0 Å². The average Bonchev–Trinajstić information content (AvgIpc) is 2.10. The Kier molecular flexibility index (Phi) is 30.5. The molecular formula is C15H23O7Sm. The molecule has 0 atom stereocenters. The van der Waals surface area contributed by atoms with Crippen molar-refractivity contribution in [2.45, 2.75) is 41.5 Å². The Morgan fingerprint density at radius 1 is 0.435 bits per heavy atom. The standard InChI is InChI=1S/3C5H7O2.H2O.Sm/c3*1-4(6)3-5(2)7;;/h3*3H,1-2H3;1H2;/q3*-1;;+3. The zero-order valence-corrected chi connectivity index (χ0v) is 16.7. The summed E-state index contributed by atoms with van der Waals surface area (Å²) < 4.78 is 0. The van der Waals surface area contributed by atoms with E-state index in [9.17, 15) is 28.8 Å². The first-order valence-corrected chi connectivity index (χ1v) is 5.96. The summed E-state index contributed by atoms with van der Waals surface area (Å²) in [6.07, 6.45) is 3.17. The number of hydrogen-bond donors (Lipinski definition) is 0. The van der Waals surface area contributed by atoms with Crippen molar-refractivity contribution in [2.24, 2.45) is 0 Å². The minimum atomic E-state index is -0.187. The van der Waals surface area contributed by atoms with E-state index in [2.05, 4.69) is 0 Å². The van der Waals surface area contributed by atoms with Gasteiger partial charge in [-0.15, -0.1) is 0 Å². The van der Waals surface area contributed by atoms with Gasteiger partial charge in [0.25, 0.3) is 0 Å². The molecule has 0 rings (SSSR count). The number of carbonyl (C=O) groups is 6. The zero-order valence-electron chi connectivity index (χ0n) is 14.1. The van der Waals surface area contributed by atoms with Crippen molar-refractivity contribution in [2.75, 3.05) is 0 Å². The van der Waals surface area contributed by atoms with E-state index < -0.39 is 0 Å². The van der Waals surface area contributed by atoms with Crippen LogP contribution in [-0.2, 0) is 28.8 Å². The van der Waals surface area contributed by atoms with E-state index in [1.54, 1.807) is 0 Å².